The number of halogens is 1. The maximum absolute atomic E-state index is 11.6. The van der Waals surface area contributed by atoms with Crippen LogP contribution in [0.2, 0.25) is 0 Å². The summed E-state index contributed by atoms with van der Waals surface area (Å²) in [4.78, 5) is 10.4. The van der Waals surface area contributed by atoms with Crippen LogP contribution in [-0.2, 0) is 21.2 Å². The van der Waals surface area contributed by atoms with Crippen LogP contribution in [0.3, 0.4) is 0 Å². The minimum Gasteiger partial charge on any atom is -0.480 e. The minimum absolute atomic E-state index is 0.0667. The Balaban J connectivity index is 2.81. The van der Waals surface area contributed by atoms with Crippen molar-refractivity contribution in [3.63, 3.8) is 0 Å². The van der Waals surface area contributed by atoms with Crippen molar-refractivity contribution in [3.05, 3.63) is 29.8 Å². The molecule has 0 atom stereocenters. The number of hydrogen-bond donors (Lipinski definition) is 2. The second-order valence-corrected chi connectivity index (χ2v) is 5.86. The van der Waals surface area contributed by atoms with E-state index >= 15 is 0 Å². The molecule has 0 radical (unpaired) electrons. The van der Waals surface area contributed by atoms with Gasteiger partial charge in [0.2, 0.25) is 10.0 Å². The Hall–Kier alpha value is -0.920. The summed E-state index contributed by atoms with van der Waals surface area (Å²) in [6.07, 6.45) is 0.808. The van der Waals surface area contributed by atoms with Crippen molar-refractivity contribution < 1.29 is 18.3 Å². The topological polar surface area (TPSA) is 83.5 Å². The van der Waals surface area contributed by atoms with Crippen LogP contribution >= 0.6 is 15.9 Å². The molecule has 0 bridgehead atoms. The van der Waals surface area contributed by atoms with E-state index in [0.717, 1.165) is 17.3 Å². The highest BCUT2D eigenvalue weighted by Gasteiger charge is 2.14. The van der Waals surface area contributed by atoms with E-state index in [1.165, 1.54) is 12.1 Å². The van der Waals surface area contributed by atoms with Crippen molar-refractivity contribution in [2.75, 3.05) is 11.9 Å². The lowest BCUT2D eigenvalue weighted by Crippen LogP contribution is -2.29. The summed E-state index contributed by atoms with van der Waals surface area (Å²) in [6.45, 7) is -0.620. The molecule has 1 aromatic rings. The van der Waals surface area contributed by atoms with Gasteiger partial charge in [0.05, 0.1) is 4.90 Å². The van der Waals surface area contributed by atoms with Gasteiger partial charge in [-0.15, -0.1) is 0 Å². The number of aliphatic carboxylic acids is 1. The first-order chi connectivity index (χ1) is 7.95. The summed E-state index contributed by atoms with van der Waals surface area (Å²) in [5, 5.41) is 9.21. The number of alkyl halides is 1. The predicted molar refractivity (Wildman–Crippen MR) is 66.8 cm³/mol. The Labute approximate surface area is 108 Å². The molecule has 7 heteroatoms. The molecule has 94 valence electrons. The van der Waals surface area contributed by atoms with Crippen LogP contribution in [-0.4, -0.2) is 31.4 Å². The highest BCUT2D eigenvalue weighted by molar-refractivity contribution is 9.09. The van der Waals surface area contributed by atoms with E-state index in [4.69, 9.17) is 5.11 Å². The molecule has 0 heterocycles. The Bertz CT molecular complexity index is 484. The molecule has 0 fully saturated rings. The summed E-state index contributed by atoms with van der Waals surface area (Å²) < 4.78 is 25.2. The second-order valence-electron chi connectivity index (χ2n) is 3.30. The molecular formula is C10H12BrNO4S. The third kappa shape index (κ3) is 4.45. The molecule has 1 aromatic carbocycles. The van der Waals surface area contributed by atoms with Crippen LogP contribution in [0.4, 0.5) is 0 Å². The van der Waals surface area contributed by atoms with Crippen LogP contribution in [0.15, 0.2) is 29.2 Å². The first-order valence-corrected chi connectivity index (χ1v) is 7.42. The van der Waals surface area contributed by atoms with E-state index in [-0.39, 0.29) is 4.90 Å². The number of benzene rings is 1. The smallest absolute Gasteiger partial charge is 0.318 e. The monoisotopic (exact) mass is 321 g/mol. The maximum Gasteiger partial charge on any atom is 0.318 e. The largest absolute Gasteiger partial charge is 0.480 e. The molecule has 0 aliphatic carbocycles. The number of carbonyl (C=O) groups is 1. The fraction of sp³-hybridized carbons (Fsp3) is 0.300. The average Bonchev–Trinajstić information content (AvgIpc) is 2.28. The molecule has 0 saturated heterocycles. The van der Waals surface area contributed by atoms with Crippen molar-refractivity contribution in [2.24, 2.45) is 0 Å². The van der Waals surface area contributed by atoms with E-state index in [9.17, 15) is 13.2 Å². The number of sulfonamides is 1. The van der Waals surface area contributed by atoms with Gasteiger partial charge in [0.1, 0.15) is 6.54 Å². The van der Waals surface area contributed by atoms with Gasteiger partial charge in [-0.1, -0.05) is 28.1 Å². The fourth-order valence-electron chi connectivity index (χ4n) is 1.18. The second kappa shape index (κ2) is 6.13. The standard InChI is InChI=1S/C10H12BrNO4S/c11-6-5-8-1-3-9(4-2-8)17(15,16)12-7-10(13)14/h1-4,12H,5-7H2,(H,13,14). The molecule has 2 N–H and O–H groups in total. The van der Waals surface area contributed by atoms with Gasteiger partial charge in [-0.05, 0) is 24.1 Å². The van der Waals surface area contributed by atoms with Crippen LogP contribution in [0.5, 0.6) is 0 Å². The number of carboxylic acid groups (broad SMARTS) is 1. The van der Waals surface area contributed by atoms with Gasteiger partial charge in [-0.25, -0.2) is 8.42 Å². The first-order valence-electron chi connectivity index (χ1n) is 4.82. The minimum atomic E-state index is -3.73. The van der Waals surface area contributed by atoms with Gasteiger partial charge in [0.15, 0.2) is 0 Å². The summed E-state index contributed by atoms with van der Waals surface area (Å²) in [5.74, 6) is -1.22. The van der Waals surface area contributed by atoms with Gasteiger partial charge in [0.25, 0.3) is 0 Å². The molecule has 0 aliphatic heterocycles. The molecule has 17 heavy (non-hydrogen) atoms. The van der Waals surface area contributed by atoms with Crippen LogP contribution in [0.25, 0.3) is 0 Å². The summed E-state index contributed by atoms with van der Waals surface area (Å²) >= 11 is 3.29. The molecular weight excluding hydrogens is 310 g/mol. The predicted octanol–water partition coefficient (Wildman–Crippen LogP) is 0.987. The van der Waals surface area contributed by atoms with Crippen molar-refractivity contribution in [1.29, 1.82) is 0 Å². The zero-order valence-electron chi connectivity index (χ0n) is 8.89. The summed E-state index contributed by atoms with van der Waals surface area (Å²) in [6, 6.07) is 6.33. The van der Waals surface area contributed by atoms with Gasteiger partial charge >= 0.3 is 5.97 Å². The van der Waals surface area contributed by atoms with Crippen molar-refractivity contribution in [3.8, 4) is 0 Å². The lowest BCUT2D eigenvalue weighted by atomic mass is 10.2. The first kappa shape index (κ1) is 14.1. The molecule has 0 saturated carbocycles. The van der Waals surface area contributed by atoms with Gasteiger partial charge in [0, 0.05) is 5.33 Å². The quantitative estimate of drug-likeness (QED) is 0.765. The maximum atomic E-state index is 11.6. The average molecular weight is 322 g/mol. The number of aryl methyl sites for hydroxylation is 1. The molecule has 0 aliphatic rings. The third-order valence-corrected chi connectivity index (χ3v) is 3.84. The van der Waals surface area contributed by atoms with Crippen molar-refractivity contribution in [1.82, 2.24) is 4.72 Å². The Morgan fingerprint density at radius 3 is 2.35 bits per heavy atom. The Morgan fingerprint density at radius 1 is 1.29 bits per heavy atom. The number of hydrogen-bond acceptors (Lipinski definition) is 3. The zero-order chi connectivity index (χ0) is 12.9. The van der Waals surface area contributed by atoms with Gasteiger partial charge in [-0.3, -0.25) is 4.79 Å². The SMILES string of the molecule is O=C(O)CNS(=O)(=O)c1ccc(CCBr)cc1. The highest BCUT2D eigenvalue weighted by Crippen LogP contribution is 2.11. The number of rotatable bonds is 6. The molecule has 0 aromatic heterocycles. The molecule has 1 rings (SSSR count). The summed E-state index contributed by atoms with van der Waals surface area (Å²) in [5.41, 5.74) is 1.01. The van der Waals surface area contributed by atoms with E-state index in [1.54, 1.807) is 12.1 Å². The fourth-order valence-corrected chi connectivity index (χ4v) is 2.62. The third-order valence-electron chi connectivity index (χ3n) is 2.03. The molecule has 0 spiro atoms. The lowest BCUT2D eigenvalue weighted by Gasteiger charge is -2.05. The van der Waals surface area contributed by atoms with E-state index in [0.29, 0.717) is 0 Å². The highest BCUT2D eigenvalue weighted by atomic mass is 79.9. The molecule has 0 unspecified atom stereocenters. The Morgan fingerprint density at radius 2 is 1.88 bits per heavy atom. The molecule has 0 amide bonds. The number of carboxylic acids is 1. The zero-order valence-corrected chi connectivity index (χ0v) is 11.3. The van der Waals surface area contributed by atoms with E-state index in [1.807, 2.05) is 4.72 Å². The molecule has 5 nitrogen and oxygen atoms in total. The lowest BCUT2D eigenvalue weighted by molar-refractivity contribution is -0.135. The normalized spacial score (nSPS) is 11.4. The van der Waals surface area contributed by atoms with E-state index < -0.39 is 22.5 Å². The van der Waals surface area contributed by atoms with Crippen molar-refractivity contribution in [2.45, 2.75) is 11.3 Å². The van der Waals surface area contributed by atoms with Gasteiger partial charge < -0.3 is 5.11 Å². The van der Waals surface area contributed by atoms with E-state index in [2.05, 4.69) is 15.9 Å². The van der Waals surface area contributed by atoms with Crippen LogP contribution < -0.4 is 4.72 Å². The van der Waals surface area contributed by atoms with Crippen LogP contribution in [0, 0.1) is 0 Å². The Kier molecular flexibility index (Phi) is 5.10. The van der Waals surface area contributed by atoms with Crippen LogP contribution in [0.1, 0.15) is 5.56 Å². The van der Waals surface area contributed by atoms with Crippen molar-refractivity contribution >= 4 is 31.9 Å². The number of nitrogens with one attached hydrogen (secondary N) is 1. The summed E-state index contributed by atoms with van der Waals surface area (Å²) in [7, 11) is -3.73. The van der Waals surface area contributed by atoms with Gasteiger partial charge in [-0.2, -0.15) is 4.72 Å².